The first kappa shape index (κ1) is 16.4. The van der Waals surface area contributed by atoms with E-state index in [1.165, 1.54) is 5.56 Å². The summed E-state index contributed by atoms with van der Waals surface area (Å²) < 4.78 is 1.97. The molecule has 3 aromatic rings. The third-order valence-corrected chi connectivity index (χ3v) is 3.86. The Morgan fingerprint density at radius 3 is 2.71 bits per heavy atom. The minimum atomic E-state index is -0.469. The molecule has 0 saturated carbocycles. The Morgan fingerprint density at radius 2 is 1.96 bits per heavy atom. The number of hydrogen-bond donors (Lipinski definition) is 1. The van der Waals surface area contributed by atoms with Crippen molar-refractivity contribution in [3.63, 3.8) is 0 Å². The van der Waals surface area contributed by atoms with E-state index in [2.05, 4.69) is 27.0 Å². The Balaban J connectivity index is 1.59. The Kier molecular flexibility index (Phi) is 5.36. The van der Waals surface area contributed by atoms with Gasteiger partial charge in [0, 0.05) is 43.4 Å². The maximum atomic E-state index is 10.4. The van der Waals surface area contributed by atoms with Crippen molar-refractivity contribution in [2.45, 2.75) is 19.2 Å². The second kappa shape index (κ2) is 7.86. The van der Waals surface area contributed by atoms with Crippen LogP contribution in [0.3, 0.4) is 0 Å². The highest BCUT2D eigenvalue weighted by atomic mass is 16.3. The molecule has 2 heterocycles. The fraction of sp³-hybridized carbons (Fsp3) is 0.263. The number of hydrogen-bond acceptors (Lipinski definition) is 4. The summed E-state index contributed by atoms with van der Waals surface area (Å²) in [5, 5.41) is 10.4. The maximum absolute atomic E-state index is 10.4. The molecule has 5 nitrogen and oxygen atoms in total. The van der Waals surface area contributed by atoms with Gasteiger partial charge in [0.25, 0.3) is 0 Å². The zero-order valence-electron chi connectivity index (χ0n) is 13.8. The highest BCUT2D eigenvalue weighted by molar-refractivity contribution is 5.53. The Morgan fingerprint density at radius 1 is 1.12 bits per heavy atom. The smallest absolute Gasteiger partial charge is 0.141 e. The molecule has 0 amide bonds. The van der Waals surface area contributed by atoms with Crippen LogP contribution in [-0.2, 0) is 13.1 Å². The summed E-state index contributed by atoms with van der Waals surface area (Å²) in [7, 11) is 2.02. The summed E-state index contributed by atoms with van der Waals surface area (Å²) >= 11 is 0. The van der Waals surface area contributed by atoms with E-state index in [0.717, 1.165) is 17.9 Å². The zero-order valence-corrected chi connectivity index (χ0v) is 13.8. The molecule has 1 aromatic carbocycles. The van der Waals surface area contributed by atoms with Crippen LogP contribution in [0.4, 0.5) is 0 Å². The molecular weight excluding hydrogens is 300 g/mol. The van der Waals surface area contributed by atoms with Gasteiger partial charge in [-0.15, -0.1) is 0 Å². The second-order valence-electron chi connectivity index (χ2n) is 5.98. The largest absolute Gasteiger partial charge is 0.390 e. The SMILES string of the molecule is CN(Cc1ccccc1)CC(O)Cn1ccnc1-c1cccnc1. The minimum absolute atomic E-state index is 0.469. The molecule has 3 rings (SSSR count). The number of likely N-dealkylation sites (N-methyl/N-ethyl adjacent to an activating group) is 1. The van der Waals surface area contributed by atoms with Gasteiger partial charge < -0.3 is 9.67 Å². The van der Waals surface area contributed by atoms with Crippen molar-refractivity contribution in [1.82, 2.24) is 19.4 Å². The van der Waals surface area contributed by atoms with Crippen LogP contribution < -0.4 is 0 Å². The zero-order chi connectivity index (χ0) is 16.8. The van der Waals surface area contributed by atoms with E-state index in [0.29, 0.717) is 13.1 Å². The van der Waals surface area contributed by atoms with Crippen LogP contribution in [0, 0.1) is 0 Å². The van der Waals surface area contributed by atoms with Crippen LogP contribution in [0.25, 0.3) is 11.4 Å². The molecule has 1 N–H and O–H groups in total. The minimum Gasteiger partial charge on any atom is -0.390 e. The van der Waals surface area contributed by atoms with Crippen LogP contribution in [0.2, 0.25) is 0 Å². The Hall–Kier alpha value is -2.50. The first-order valence-electron chi connectivity index (χ1n) is 8.04. The fourth-order valence-corrected chi connectivity index (χ4v) is 2.82. The number of aliphatic hydroxyl groups excluding tert-OH is 1. The summed E-state index contributed by atoms with van der Waals surface area (Å²) in [6, 6.07) is 14.1. The van der Waals surface area contributed by atoms with Gasteiger partial charge in [-0.25, -0.2) is 4.98 Å². The average molecular weight is 322 g/mol. The number of imidazole rings is 1. The van der Waals surface area contributed by atoms with Gasteiger partial charge in [0.1, 0.15) is 5.82 Å². The van der Waals surface area contributed by atoms with E-state index in [-0.39, 0.29) is 0 Å². The number of nitrogens with zero attached hydrogens (tertiary/aromatic N) is 4. The summed E-state index contributed by atoms with van der Waals surface area (Å²) in [5.74, 6) is 0.827. The number of pyridine rings is 1. The molecule has 0 fully saturated rings. The van der Waals surface area contributed by atoms with Crippen molar-refractivity contribution in [2.24, 2.45) is 0 Å². The third kappa shape index (κ3) is 4.28. The highest BCUT2D eigenvalue weighted by Gasteiger charge is 2.13. The van der Waals surface area contributed by atoms with E-state index in [9.17, 15) is 5.11 Å². The Labute approximate surface area is 142 Å². The average Bonchev–Trinajstić information content (AvgIpc) is 3.04. The lowest BCUT2D eigenvalue weighted by Crippen LogP contribution is -2.31. The second-order valence-corrected chi connectivity index (χ2v) is 5.98. The lowest BCUT2D eigenvalue weighted by atomic mass is 10.2. The van der Waals surface area contributed by atoms with Crippen LogP contribution in [0.5, 0.6) is 0 Å². The summed E-state index contributed by atoms with van der Waals surface area (Å²) in [4.78, 5) is 10.6. The molecular formula is C19H22N4O. The molecule has 24 heavy (non-hydrogen) atoms. The molecule has 0 spiro atoms. The standard InChI is InChI=1S/C19H22N4O/c1-22(13-16-6-3-2-4-7-16)14-18(24)15-23-11-10-21-19(23)17-8-5-9-20-12-17/h2-12,18,24H,13-15H2,1H3. The predicted octanol–water partition coefficient (Wildman–Crippen LogP) is 2.44. The van der Waals surface area contributed by atoms with Crippen molar-refractivity contribution in [3.05, 3.63) is 72.8 Å². The van der Waals surface area contributed by atoms with E-state index < -0.39 is 6.10 Å². The molecule has 1 atom stereocenters. The van der Waals surface area contributed by atoms with Gasteiger partial charge in [0.05, 0.1) is 12.6 Å². The molecule has 1 unspecified atom stereocenters. The van der Waals surface area contributed by atoms with Gasteiger partial charge >= 0.3 is 0 Å². The predicted molar refractivity (Wildman–Crippen MR) is 94.2 cm³/mol. The molecule has 124 valence electrons. The van der Waals surface area contributed by atoms with Crippen LogP contribution in [0.15, 0.2) is 67.3 Å². The van der Waals surface area contributed by atoms with Crippen molar-refractivity contribution < 1.29 is 5.11 Å². The first-order chi connectivity index (χ1) is 11.7. The number of aromatic nitrogens is 3. The lowest BCUT2D eigenvalue weighted by Gasteiger charge is -2.21. The van der Waals surface area contributed by atoms with Gasteiger partial charge in [-0.05, 0) is 24.7 Å². The quantitative estimate of drug-likeness (QED) is 0.726. The van der Waals surface area contributed by atoms with Gasteiger partial charge in [-0.2, -0.15) is 0 Å². The normalized spacial score (nSPS) is 12.5. The van der Waals surface area contributed by atoms with Crippen LogP contribution >= 0.6 is 0 Å². The third-order valence-electron chi connectivity index (χ3n) is 3.86. The number of rotatable bonds is 7. The Bertz CT molecular complexity index is 742. The fourth-order valence-electron chi connectivity index (χ4n) is 2.82. The van der Waals surface area contributed by atoms with E-state index >= 15 is 0 Å². The van der Waals surface area contributed by atoms with E-state index in [1.54, 1.807) is 18.6 Å². The number of benzene rings is 1. The summed E-state index contributed by atoms with van der Waals surface area (Å²) in [6.45, 7) is 1.92. The molecule has 0 aliphatic carbocycles. The van der Waals surface area contributed by atoms with Crippen molar-refractivity contribution in [1.29, 1.82) is 0 Å². The maximum Gasteiger partial charge on any atom is 0.141 e. The molecule has 0 aliphatic rings. The van der Waals surface area contributed by atoms with Crippen molar-refractivity contribution >= 4 is 0 Å². The van der Waals surface area contributed by atoms with E-state index in [1.807, 2.05) is 48.1 Å². The number of aliphatic hydroxyl groups is 1. The first-order valence-corrected chi connectivity index (χ1v) is 8.04. The molecule has 0 aliphatic heterocycles. The van der Waals surface area contributed by atoms with Crippen LogP contribution in [-0.4, -0.2) is 44.2 Å². The monoisotopic (exact) mass is 322 g/mol. The van der Waals surface area contributed by atoms with Crippen LogP contribution in [0.1, 0.15) is 5.56 Å². The molecule has 2 aromatic heterocycles. The molecule has 5 heteroatoms. The molecule has 0 bridgehead atoms. The topological polar surface area (TPSA) is 54.2 Å². The summed E-state index contributed by atoms with van der Waals surface area (Å²) in [6.07, 6.45) is 6.70. The van der Waals surface area contributed by atoms with Crippen molar-refractivity contribution in [3.8, 4) is 11.4 Å². The van der Waals surface area contributed by atoms with Gasteiger partial charge in [0.15, 0.2) is 0 Å². The van der Waals surface area contributed by atoms with Gasteiger partial charge in [-0.3, -0.25) is 9.88 Å². The van der Waals surface area contributed by atoms with Crippen molar-refractivity contribution in [2.75, 3.05) is 13.6 Å². The summed E-state index contributed by atoms with van der Waals surface area (Å²) in [5.41, 5.74) is 2.19. The highest BCUT2D eigenvalue weighted by Crippen LogP contribution is 2.16. The lowest BCUT2D eigenvalue weighted by molar-refractivity contribution is 0.107. The molecule has 0 saturated heterocycles. The van der Waals surface area contributed by atoms with Gasteiger partial charge in [0.2, 0.25) is 0 Å². The molecule has 0 radical (unpaired) electrons. The van der Waals surface area contributed by atoms with Gasteiger partial charge in [-0.1, -0.05) is 30.3 Å². The van der Waals surface area contributed by atoms with E-state index in [4.69, 9.17) is 0 Å².